The van der Waals surface area contributed by atoms with Crippen LogP contribution >= 0.6 is 0 Å². The largest absolute Gasteiger partial charge is 0.478 e. The van der Waals surface area contributed by atoms with Crippen LogP contribution in [0.15, 0.2) is 12.2 Å². The van der Waals surface area contributed by atoms with Crippen LogP contribution in [0.5, 0.6) is 0 Å². The molecule has 0 saturated heterocycles. The van der Waals surface area contributed by atoms with Crippen LogP contribution in [0.2, 0.25) is 0 Å². The van der Waals surface area contributed by atoms with Crippen molar-refractivity contribution in [3.8, 4) is 0 Å². The number of hydrogen-bond acceptors (Lipinski definition) is 1. The molecule has 0 aliphatic heterocycles. The van der Waals surface area contributed by atoms with Crippen LogP contribution in [0.3, 0.4) is 0 Å². The average molecular weight is 170 g/mol. The Morgan fingerprint density at radius 2 is 2.08 bits per heavy atom. The van der Waals surface area contributed by atoms with Crippen LogP contribution in [0.25, 0.3) is 0 Å². The van der Waals surface area contributed by atoms with Gasteiger partial charge in [0.15, 0.2) is 0 Å². The summed E-state index contributed by atoms with van der Waals surface area (Å²) in [4.78, 5) is 10.4. The van der Waals surface area contributed by atoms with Crippen molar-refractivity contribution in [1.82, 2.24) is 0 Å². The van der Waals surface area contributed by atoms with E-state index in [4.69, 9.17) is 5.11 Å². The zero-order chi connectivity index (χ0) is 9.56. The first-order valence-corrected chi connectivity index (χ1v) is 4.49. The predicted molar refractivity (Wildman–Crippen MR) is 50.1 cm³/mol. The Balaban J connectivity index is 3.54. The lowest BCUT2D eigenvalue weighted by Crippen LogP contribution is -2.01. The van der Waals surface area contributed by atoms with Crippen molar-refractivity contribution in [2.24, 2.45) is 5.92 Å². The van der Waals surface area contributed by atoms with Gasteiger partial charge < -0.3 is 5.11 Å². The number of carboxylic acid groups (broad SMARTS) is 1. The van der Waals surface area contributed by atoms with Crippen LogP contribution in [0, 0.1) is 5.92 Å². The molecule has 0 radical (unpaired) electrons. The highest BCUT2D eigenvalue weighted by atomic mass is 16.4. The Labute approximate surface area is 74.3 Å². The molecule has 2 nitrogen and oxygen atoms in total. The molecule has 0 bridgehead atoms. The maximum absolute atomic E-state index is 10.4. The lowest BCUT2D eigenvalue weighted by Gasteiger charge is -2.08. The standard InChI is InChI=1S/C10H18O2/c1-4-5-8(2)6-7-9(3)10(11)12/h8H,3-7H2,1-2H3,(H,11,12). The van der Waals surface area contributed by atoms with E-state index in [1.165, 1.54) is 12.8 Å². The molecule has 12 heavy (non-hydrogen) atoms. The van der Waals surface area contributed by atoms with Crippen molar-refractivity contribution in [3.63, 3.8) is 0 Å². The molecule has 0 aromatic rings. The number of carbonyl (C=O) groups is 1. The van der Waals surface area contributed by atoms with E-state index in [2.05, 4.69) is 20.4 Å². The van der Waals surface area contributed by atoms with Crippen molar-refractivity contribution < 1.29 is 9.90 Å². The second kappa shape index (κ2) is 5.81. The maximum atomic E-state index is 10.4. The quantitative estimate of drug-likeness (QED) is 0.622. The first-order valence-electron chi connectivity index (χ1n) is 4.49. The molecule has 0 aromatic carbocycles. The van der Waals surface area contributed by atoms with Gasteiger partial charge in [-0.2, -0.15) is 0 Å². The smallest absolute Gasteiger partial charge is 0.330 e. The van der Waals surface area contributed by atoms with E-state index in [-0.39, 0.29) is 0 Å². The fourth-order valence-corrected chi connectivity index (χ4v) is 1.16. The minimum absolute atomic E-state index is 0.331. The molecular formula is C10H18O2. The van der Waals surface area contributed by atoms with Gasteiger partial charge in [0, 0.05) is 5.57 Å². The molecule has 0 rings (SSSR count). The number of hydrogen-bond donors (Lipinski definition) is 1. The van der Waals surface area contributed by atoms with E-state index >= 15 is 0 Å². The van der Waals surface area contributed by atoms with Gasteiger partial charge in [-0.1, -0.05) is 33.3 Å². The fourth-order valence-electron chi connectivity index (χ4n) is 1.16. The minimum Gasteiger partial charge on any atom is -0.478 e. The summed E-state index contributed by atoms with van der Waals surface area (Å²) in [5.74, 6) is -0.246. The van der Waals surface area contributed by atoms with E-state index < -0.39 is 5.97 Å². The van der Waals surface area contributed by atoms with Crippen LogP contribution in [-0.4, -0.2) is 11.1 Å². The Morgan fingerprint density at radius 3 is 2.50 bits per heavy atom. The second-order valence-electron chi connectivity index (χ2n) is 3.34. The SMILES string of the molecule is C=C(CCC(C)CCC)C(=O)O. The van der Waals surface area contributed by atoms with Crippen molar-refractivity contribution in [1.29, 1.82) is 0 Å². The molecule has 0 spiro atoms. The molecule has 0 aliphatic rings. The summed E-state index contributed by atoms with van der Waals surface area (Å²) < 4.78 is 0. The highest BCUT2D eigenvalue weighted by Gasteiger charge is 2.06. The maximum Gasteiger partial charge on any atom is 0.330 e. The fraction of sp³-hybridized carbons (Fsp3) is 0.700. The van der Waals surface area contributed by atoms with E-state index in [0.717, 1.165) is 6.42 Å². The van der Waals surface area contributed by atoms with Crippen molar-refractivity contribution >= 4 is 5.97 Å². The molecule has 0 fully saturated rings. The van der Waals surface area contributed by atoms with Crippen LogP contribution in [0.1, 0.15) is 39.5 Å². The van der Waals surface area contributed by atoms with E-state index in [1.807, 2.05) is 0 Å². The Hall–Kier alpha value is -0.790. The molecule has 2 heteroatoms. The zero-order valence-corrected chi connectivity index (χ0v) is 7.97. The zero-order valence-electron chi connectivity index (χ0n) is 7.97. The lowest BCUT2D eigenvalue weighted by atomic mass is 9.98. The van der Waals surface area contributed by atoms with E-state index in [0.29, 0.717) is 17.9 Å². The van der Waals surface area contributed by atoms with Gasteiger partial charge in [0.1, 0.15) is 0 Å². The summed E-state index contributed by atoms with van der Waals surface area (Å²) in [6.45, 7) is 7.78. The summed E-state index contributed by atoms with van der Waals surface area (Å²) in [6.07, 6.45) is 3.91. The van der Waals surface area contributed by atoms with Gasteiger partial charge >= 0.3 is 5.97 Å². The normalized spacial score (nSPS) is 12.5. The predicted octanol–water partition coefficient (Wildman–Crippen LogP) is 2.84. The average Bonchev–Trinajstić information content (AvgIpc) is 2.00. The molecule has 0 aliphatic carbocycles. The summed E-state index contributed by atoms with van der Waals surface area (Å²) in [6, 6.07) is 0. The van der Waals surface area contributed by atoms with Crippen molar-refractivity contribution in [2.75, 3.05) is 0 Å². The highest BCUT2D eigenvalue weighted by Crippen LogP contribution is 2.15. The van der Waals surface area contributed by atoms with Crippen LogP contribution in [0.4, 0.5) is 0 Å². The third-order valence-corrected chi connectivity index (χ3v) is 2.02. The van der Waals surface area contributed by atoms with Gasteiger partial charge in [0.2, 0.25) is 0 Å². The first kappa shape index (κ1) is 11.2. The van der Waals surface area contributed by atoms with E-state index in [1.54, 1.807) is 0 Å². The second-order valence-corrected chi connectivity index (χ2v) is 3.34. The van der Waals surface area contributed by atoms with Gasteiger partial charge in [-0.3, -0.25) is 0 Å². The topological polar surface area (TPSA) is 37.3 Å². The Morgan fingerprint density at radius 1 is 1.50 bits per heavy atom. The number of carboxylic acids is 1. The molecule has 0 amide bonds. The van der Waals surface area contributed by atoms with Gasteiger partial charge in [-0.25, -0.2) is 4.79 Å². The molecular weight excluding hydrogens is 152 g/mol. The van der Waals surface area contributed by atoms with Gasteiger partial charge in [-0.05, 0) is 18.8 Å². The first-order chi connectivity index (χ1) is 5.57. The van der Waals surface area contributed by atoms with Gasteiger partial charge in [-0.15, -0.1) is 0 Å². The third-order valence-electron chi connectivity index (χ3n) is 2.02. The minimum atomic E-state index is -0.862. The molecule has 1 unspecified atom stereocenters. The van der Waals surface area contributed by atoms with Crippen LogP contribution < -0.4 is 0 Å². The Kier molecular flexibility index (Phi) is 5.43. The molecule has 0 saturated carbocycles. The third kappa shape index (κ3) is 4.94. The van der Waals surface area contributed by atoms with Crippen LogP contribution in [-0.2, 0) is 4.79 Å². The summed E-state index contributed by atoms with van der Waals surface area (Å²) in [5, 5.41) is 8.53. The Bertz CT molecular complexity index is 161. The van der Waals surface area contributed by atoms with Gasteiger partial charge in [0.25, 0.3) is 0 Å². The molecule has 70 valence electrons. The summed E-state index contributed by atoms with van der Waals surface area (Å²) in [7, 11) is 0. The highest BCUT2D eigenvalue weighted by molar-refractivity contribution is 5.85. The molecule has 1 atom stereocenters. The molecule has 1 N–H and O–H groups in total. The number of aliphatic carboxylic acids is 1. The summed E-state index contributed by atoms with van der Waals surface area (Å²) >= 11 is 0. The van der Waals surface area contributed by atoms with E-state index in [9.17, 15) is 4.79 Å². The van der Waals surface area contributed by atoms with Crippen molar-refractivity contribution in [3.05, 3.63) is 12.2 Å². The van der Waals surface area contributed by atoms with Crippen molar-refractivity contribution in [2.45, 2.75) is 39.5 Å². The molecule has 0 aromatic heterocycles. The monoisotopic (exact) mass is 170 g/mol. The lowest BCUT2D eigenvalue weighted by molar-refractivity contribution is -0.132. The number of rotatable bonds is 6. The van der Waals surface area contributed by atoms with Gasteiger partial charge in [0.05, 0.1) is 0 Å². The molecule has 0 heterocycles. The summed E-state index contributed by atoms with van der Waals surface area (Å²) in [5.41, 5.74) is 0.331.